The van der Waals surface area contributed by atoms with Crippen molar-refractivity contribution >= 4 is 10.0 Å². The lowest BCUT2D eigenvalue weighted by molar-refractivity contribution is 0.216. The summed E-state index contributed by atoms with van der Waals surface area (Å²) in [6.07, 6.45) is 1.53. The minimum atomic E-state index is -3.33. The predicted octanol–water partition coefficient (Wildman–Crippen LogP) is 2.26. The molecule has 8 heteroatoms. The molecule has 124 valence electrons. The van der Waals surface area contributed by atoms with E-state index in [0.717, 1.165) is 5.56 Å². The van der Waals surface area contributed by atoms with Gasteiger partial charge in [-0.15, -0.1) is 0 Å². The normalized spacial score (nSPS) is 16.2. The van der Waals surface area contributed by atoms with Gasteiger partial charge in [-0.1, -0.05) is 35.5 Å². The SMILES string of the molecule is O=S(=O)(Cc1ccccc1)N1CC(c2nc(-c3ccco3)no2)C1. The molecular formula is C16H15N3O4S. The number of nitrogens with zero attached hydrogens (tertiary/aromatic N) is 3. The average Bonchev–Trinajstić information content (AvgIpc) is 3.16. The van der Waals surface area contributed by atoms with Crippen molar-refractivity contribution in [1.82, 2.24) is 14.4 Å². The molecule has 1 fully saturated rings. The minimum absolute atomic E-state index is 0.00202. The summed E-state index contributed by atoms with van der Waals surface area (Å²) in [4.78, 5) is 4.28. The van der Waals surface area contributed by atoms with E-state index in [9.17, 15) is 8.42 Å². The van der Waals surface area contributed by atoms with Gasteiger partial charge < -0.3 is 8.94 Å². The maximum atomic E-state index is 12.4. The maximum Gasteiger partial charge on any atom is 0.238 e. The van der Waals surface area contributed by atoms with Crippen LogP contribution in [-0.2, 0) is 15.8 Å². The van der Waals surface area contributed by atoms with E-state index in [1.165, 1.54) is 10.6 Å². The molecule has 3 aromatic rings. The lowest BCUT2D eigenvalue weighted by Gasteiger charge is -2.35. The largest absolute Gasteiger partial charge is 0.461 e. The lowest BCUT2D eigenvalue weighted by atomic mass is 10.0. The molecule has 0 atom stereocenters. The topological polar surface area (TPSA) is 89.4 Å². The van der Waals surface area contributed by atoms with Crippen LogP contribution < -0.4 is 0 Å². The average molecular weight is 345 g/mol. The van der Waals surface area contributed by atoms with E-state index in [-0.39, 0.29) is 11.7 Å². The molecule has 0 bridgehead atoms. The summed E-state index contributed by atoms with van der Waals surface area (Å²) >= 11 is 0. The van der Waals surface area contributed by atoms with Crippen molar-refractivity contribution in [3.8, 4) is 11.6 Å². The van der Waals surface area contributed by atoms with Gasteiger partial charge in [0.05, 0.1) is 17.9 Å². The Balaban J connectivity index is 1.41. The molecule has 0 amide bonds. The molecule has 0 N–H and O–H groups in total. The van der Waals surface area contributed by atoms with Gasteiger partial charge in [-0.2, -0.15) is 9.29 Å². The van der Waals surface area contributed by atoms with Crippen LogP contribution in [0.4, 0.5) is 0 Å². The van der Waals surface area contributed by atoms with Crippen LogP contribution in [0.2, 0.25) is 0 Å². The van der Waals surface area contributed by atoms with Gasteiger partial charge in [-0.25, -0.2) is 8.42 Å². The quantitative estimate of drug-likeness (QED) is 0.704. The zero-order chi connectivity index (χ0) is 16.6. The molecule has 0 saturated carbocycles. The predicted molar refractivity (Wildman–Crippen MR) is 85.4 cm³/mol. The van der Waals surface area contributed by atoms with Crippen molar-refractivity contribution in [3.05, 3.63) is 60.2 Å². The van der Waals surface area contributed by atoms with Crippen molar-refractivity contribution in [2.45, 2.75) is 11.7 Å². The van der Waals surface area contributed by atoms with Gasteiger partial charge in [-0.05, 0) is 17.7 Å². The molecule has 1 saturated heterocycles. The van der Waals surface area contributed by atoms with Crippen LogP contribution >= 0.6 is 0 Å². The van der Waals surface area contributed by atoms with E-state index < -0.39 is 10.0 Å². The fourth-order valence-corrected chi connectivity index (χ4v) is 4.21. The summed E-state index contributed by atoms with van der Waals surface area (Å²) in [5, 5.41) is 3.87. The molecule has 0 radical (unpaired) electrons. The number of furan rings is 1. The maximum absolute atomic E-state index is 12.4. The summed E-state index contributed by atoms with van der Waals surface area (Å²) < 4.78 is 36.7. The fraction of sp³-hybridized carbons (Fsp3) is 0.250. The molecule has 0 unspecified atom stereocenters. The van der Waals surface area contributed by atoms with Gasteiger partial charge in [0.25, 0.3) is 0 Å². The monoisotopic (exact) mass is 345 g/mol. The van der Waals surface area contributed by atoms with E-state index in [4.69, 9.17) is 8.94 Å². The second kappa shape index (κ2) is 5.88. The summed E-state index contributed by atoms with van der Waals surface area (Å²) in [6, 6.07) is 12.6. The van der Waals surface area contributed by atoms with E-state index in [1.807, 2.05) is 30.3 Å². The van der Waals surface area contributed by atoms with Crippen molar-refractivity contribution in [2.75, 3.05) is 13.1 Å². The van der Waals surface area contributed by atoms with E-state index >= 15 is 0 Å². The van der Waals surface area contributed by atoms with Crippen molar-refractivity contribution in [1.29, 1.82) is 0 Å². The van der Waals surface area contributed by atoms with Crippen molar-refractivity contribution in [2.24, 2.45) is 0 Å². The van der Waals surface area contributed by atoms with Gasteiger partial charge in [-0.3, -0.25) is 0 Å². The Labute approximate surface area is 138 Å². The number of sulfonamides is 1. The van der Waals surface area contributed by atoms with E-state index in [1.54, 1.807) is 12.1 Å². The second-order valence-electron chi connectivity index (χ2n) is 5.69. The molecule has 1 aliphatic rings. The number of hydrogen-bond donors (Lipinski definition) is 0. The van der Waals surface area contributed by atoms with Crippen LogP contribution in [0.5, 0.6) is 0 Å². The van der Waals surface area contributed by atoms with Gasteiger partial charge in [0.2, 0.25) is 21.7 Å². The molecule has 0 aliphatic carbocycles. The first-order valence-electron chi connectivity index (χ1n) is 7.51. The van der Waals surface area contributed by atoms with Gasteiger partial charge in [0.15, 0.2) is 5.76 Å². The summed E-state index contributed by atoms with van der Waals surface area (Å²) in [5.41, 5.74) is 0.777. The van der Waals surface area contributed by atoms with Gasteiger partial charge in [0, 0.05) is 13.1 Å². The Kier molecular flexibility index (Phi) is 3.70. The highest BCUT2D eigenvalue weighted by atomic mass is 32.2. The first-order valence-corrected chi connectivity index (χ1v) is 9.12. The van der Waals surface area contributed by atoms with Crippen LogP contribution in [0, 0.1) is 0 Å². The van der Waals surface area contributed by atoms with Crippen molar-refractivity contribution in [3.63, 3.8) is 0 Å². The Bertz CT molecular complexity index is 913. The number of aromatic nitrogens is 2. The first-order chi connectivity index (χ1) is 11.6. The molecule has 24 heavy (non-hydrogen) atoms. The molecule has 1 aliphatic heterocycles. The third-order valence-electron chi connectivity index (χ3n) is 3.97. The molecule has 1 aromatic carbocycles. The minimum Gasteiger partial charge on any atom is -0.461 e. The Morgan fingerprint density at radius 2 is 1.92 bits per heavy atom. The zero-order valence-corrected chi connectivity index (χ0v) is 13.5. The Hall–Kier alpha value is -2.45. The summed E-state index contributed by atoms with van der Waals surface area (Å²) in [5.74, 6) is 1.26. The summed E-state index contributed by atoms with van der Waals surface area (Å²) in [6.45, 7) is 0.712. The molecule has 0 spiro atoms. The van der Waals surface area contributed by atoms with Crippen LogP contribution in [-0.4, -0.2) is 36.0 Å². The fourth-order valence-electron chi connectivity index (χ4n) is 2.60. The first kappa shape index (κ1) is 15.1. The third kappa shape index (κ3) is 2.85. The van der Waals surface area contributed by atoms with E-state index in [2.05, 4.69) is 10.1 Å². The second-order valence-corrected chi connectivity index (χ2v) is 7.66. The van der Waals surface area contributed by atoms with Gasteiger partial charge >= 0.3 is 0 Å². The number of hydrogen-bond acceptors (Lipinski definition) is 6. The smallest absolute Gasteiger partial charge is 0.238 e. The molecule has 2 aromatic heterocycles. The number of benzene rings is 1. The molecular weight excluding hydrogens is 330 g/mol. The lowest BCUT2D eigenvalue weighted by Crippen LogP contribution is -2.48. The zero-order valence-electron chi connectivity index (χ0n) is 12.7. The highest BCUT2D eigenvalue weighted by molar-refractivity contribution is 7.88. The highest BCUT2D eigenvalue weighted by Crippen LogP contribution is 2.30. The molecule has 4 rings (SSSR count). The van der Waals surface area contributed by atoms with Crippen LogP contribution in [0.1, 0.15) is 17.4 Å². The Morgan fingerprint density at radius 1 is 1.12 bits per heavy atom. The van der Waals surface area contributed by atoms with Gasteiger partial charge in [0.1, 0.15) is 0 Å². The summed E-state index contributed by atoms with van der Waals surface area (Å²) in [7, 11) is -3.33. The standard InChI is InChI=1S/C16H15N3O4S/c20-24(21,11-12-5-2-1-3-6-12)19-9-13(10-19)16-17-15(18-23-16)14-7-4-8-22-14/h1-8,13H,9-11H2. The van der Waals surface area contributed by atoms with Crippen LogP contribution in [0.3, 0.4) is 0 Å². The third-order valence-corrected chi connectivity index (χ3v) is 5.75. The molecule has 3 heterocycles. The molecule has 7 nitrogen and oxygen atoms in total. The van der Waals surface area contributed by atoms with E-state index in [0.29, 0.717) is 30.6 Å². The Morgan fingerprint density at radius 3 is 2.62 bits per heavy atom. The van der Waals surface area contributed by atoms with Crippen molar-refractivity contribution < 1.29 is 17.4 Å². The number of rotatable bonds is 5. The van der Waals surface area contributed by atoms with Crippen LogP contribution in [0.25, 0.3) is 11.6 Å². The highest BCUT2D eigenvalue weighted by Gasteiger charge is 2.39. The van der Waals surface area contributed by atoms with Crippen LogP contribution in [0.15, 0.2) is 57.7 Å².